The first-order valence-corrected chi connectivity index (χ1v) is 8.59. The minimum atomic E-state index is -0.691. The summed E-state index contributed by atoms with van der Waals surface area (Å²) in [7, 11) is 0. The molecule has 134 valence electrons. The van der Waals surface area contributed by atoms with Crippen LogP contribution < -0.4 is 4.90 Å². The van der Waals surface area contributed by atoms with Gasteiger partial charge in [0.05, 0.1) is 11.3 Å². The number of carbonyl (C=O) groups excluding carboxylic acids is 5. The lowest BCUT2D eigenvalue weighted by Gasteiger charge is -2.25. The molecule has 1 atom stereocenters. The zero-order valence-electron chi connectivity index (χ0n) is 14.0. The summed E-state index contributed by atoms with van der Waals surface area (Å²) in [6.07, 6.45) is 1.33. The summed E-state index contributed by atoms with van der Waals surface area (Å²) in [4.78, 5) is 65.7. The fraction of sp³-hybridized carbons (Fsp3) is 0.389. The Morgan fingerprint density at radius 2 is 1.73 bits per heavy atom. The van der Waals surface area contributed by atoms with Gasteiger partial charge in [-0.25, -0.2) is 4.90 Å². The van der Waals surface area contributed by atoms with Gasteiger partial charge in [-0.05, 0) is 25.0 Å². The third-order valence-electron chi connectivity index (χ3n) is 5.09. The van der Waals surface area contributed by atoms with E-state index >= 15 is 0 Å². The average Bonchev–Trinajstić information content (AvgIpc) is 3.22. The Hall–Kier alpha value is -3.03. The topological polar surface area (TPSA) is 95.1 Å². The van der Waals surface area contributed by atoms with Gasteiger partial charge in [0.1, 0.15) is 12.6 Å². The molecular formula is C18H17N3O5. The van der Waals surface area contributed by atoms with Crippen LogP contribution in [0.2, 0.25) is 0 Å². The van der Waals surface area contributed by atoms with Gasteiger partial charge in [0.25, 0.3) is 17.7 Å². The summed E-state index contributed by atoms with van der Waals surface area (Å²) < 4.78 is 0. The lowest BCUT2D eigenvalue weighted by molar-refractivity contribution is -0.142. The molecule has 4 rings (SSSR count). The Bertz CT molecular complexity index is 833. The molecule has 2 fully saturated rings. The van der Waals surface area contributed by atoms with E-state index in [-0.39, 0.29) is 30.0 Å². The van der Waals surface area contributed by atoms with E-state index in [9.17, 15) is 24.0 Å². The summed E-state index contributed by atoms with van der Waals surface area (Å²) >= 11 is 0. The van der Waals surface area contributed by atoms with Crippen molar-refractivity contribution >= 4 is 35.2 Å². The monoisotopic (exact) mass is 355 g/mol. The maximum absolute atomic E-state index is 13.0. The number of anilines is 1. The fourth-order valence-corrected chi connectivity index (χ4v) is 3.80. The fourth-order valence-electron chi connectivity index (χ4n) is 3.80. The molecule has 1 aromatic rings. The van der Waals surface area contributed by atoms with E-state index in [4.69, 9.17) is 0 Å². The van der Waals surface area contributed by atoms with Crippen LogP contribution in [-0.4, -0.2) is 58.5 Å². The molecule has 0 bridgehead atoms. The second kappa shape index (κ2) is 6.05. The number of rotatable bonds is 2. The lowest BCUT2D eigenvalue weighted by Crippen LogP contribution is -2.50. The quantitative estimate of drug-likeness (QED) is 0.712. The Kier molecular flexibility index (Phi) is 3.82. The lowest BCUT2D eigenvalue weighted by atomic mass is 10.1. The van der Waals surface area contributed by atoms with Crippen molar-refractivity contribution in [2.45, 2.75) is 31.7 Å². The van der Waals surface area contributed by atoms with Crippen LogP contribution in [-0.2, 0) is 19.2 Å². The second-order valence-corrected chi connectivity index (χ2v) is 6.61. The van der Waals surface area contributed by atoms with Crippen LogP contribution in [0.3, 0.4) is 0 Å². The van der Waals surface area contributed by atoms with Gasteiger partial charge in [0.2, 0.25) is 11.8 Å². The van der Waals surface area contributed by atoms with Crippen LogP contribution in [0.5, 0.6) is 0 Å². The summed E-state index contributed by atoms with van der Waals surface area (Å²) in [5.41, 5.74) is 0.485. The second-order valence-electron chi connectivity index (χ2n) is 6.61. The number of imide groups is 2. The van der Waals surface area contributed by atoms with Crippen molar-refractivity contribution in [3.05, 3.63) is 29.8 Å². The van der Waals surface area contributed by atoms with Gasteiger partial charge in [-0.3, -0.25) is 28.9 Å². The molecule has 1 aromatic carbocycles. The Labute approximate surface area is 149 Å². The minimum absolute atomic E-state index is 0.0749. The van der Waals surface area contributed by atoms with E-state index in [0.717, 1.165) is 9.80 Å². The minimum Gasteiger partial charge on any atom is -0.327 e. The van der Waals surface area contributed by atoms with Crippen LogP contribution in [0.15, 0.2) is 24.3 Å². The van der Waals surface area contributed by atoms with Crippen LogP contribution in [0, 0.1) is 0 Å². The smallest absolute Gasteiger partial charge is 0.256 e. The van der Waals surface area contributed by atoms with Crippen molar-refractivity contribution in [3.63, 3.8) is 0 Å². The third kappa shape index (κ3) is 2.40. The number of hydrogen-bond donors (Lipinski definition) is 0. The van der Waals surface area contributed by atoms with Gasteiger partial charge >= 0.3 is 0 Å². The number of fused-ring (bicyclic) bond motifs is 2. The first-order chi connectivity index (χ1) is 12.5. The third-order valence-corrected chi connectivity index (χ3v) is 5.09. The van der Waals surface area contributed by atoms with E-state index in [2.05, 4.69) is 0 Å². The predicted molar refractivity (Wildman–Crippen MR) is 88.9 cm³/mol. The van der Waals surface area contributed by atoms with Crippen LogP contribution >= 0.6 is 0 Å². The SMILES string of the molecule is O=C1CCC(=O)N1CC(=O)N1C(=O)[C@@H]2CCCN2C(=O)c2ccccc21. The highest BCUT2D eigenvalue weighted by atomic mass is 16.2. The number of likely N-dealkylation sites (tertiary alicyclic amines) is 1. The van der Waals surface area contributed by atoms with Gasteiger partial charge in [-0.2, -0.15) is 0 Å². The summed E-state index contributed by atoms with van der Waals surface area (Å²) in [6, 6.07) is 5.75. The van der Waals surface area contributed by atoms with Gasteiger partial charge < -0.3 is 4.90 Å². The zero-order valence-corrected chi connectivity index (χ0v) is 14.0. The molecule has 26 heavy (non-hydrogen) atoms. The zero-order chi connectivity index (χ0) is 18.4. The summed E-state index contributed by atoms with van der Waals surface area (Å²) in [5.74, 6) is -2.27. The molecule has 0 saturated carbocycles. The average molecular weight is 355 g/mol. The molecular weight excluding hydrogens is 338 g/mol. The standard InChI is InChI=1S/C18H17N3O5/c22-14-7-8-15(23)20(14)10-16(24)21-12-5-2-1-4-11(12)17(25)19-9-3-6-13(19)18(21)26/h1-2,4-5,13H,3,6-10H2/t13-/m0/s1. The molecule has 3 aliphatic rings. The van der Waals surface area contributed by atoms with E-state index < -0.39 is 36.2 Å². The normalized spacial score (nSPS) is 22.6. The van der Waals surface area contributed by atoms with Crippen molar-refractivity contribution in [2.24, 2.45) is 0 Å². The Balaban J connectivity index is 1.73. The van der Waals surface area contributed by atoms with E-state index in [1.54, 1.807) is 24.3 Å². The number of hydrogen-bond acceptors (Lipinski definition) is 5. The van der Waals surface area contributed by atoms with Gasteiger partial charge in [0, 0.05) is 19.4 Å². The highest BCUT2D eigenvalue weighted by Gasteiger charge is 2.44. The van der Waals surface area contributed by atoms with Crippen molar-refractivity contribution in [1.29, 1.82) is 0 Å². The molecule has 2 saturated heterocycles. The number of carbonyl (C=O) groups is 5. The molecule has 0 aliphatic carbocycles. The molecule has 3 aliphatic heterocycles. The first-order valence-electron chi connectivity index (χ1n) is 8.59. The van der Waals surface area contributed by atoms with E-state index in [1.807, 2.05) is 0 Å². The first kappa shape index (κ1) is 16.4. The van der Waals surface area contributed by atoms with Crippen molar-refractivity contribution in [1.82, 2.24) is 9.80 Å². The molecule has 0 radical (unpaired) electrons. The molecule has 0 unspecified atom stereocenters. The van der Waals surface area contributed by atoms with Gasteiger partial charge in [0.15, 0.2) is 0 Å². The summed E-state index contributed by atoms with van der Waals surface area (Å²) in [5, 5.41) is 0. The van der Waals surface area contributed by atoms with Crippen LogP contribution in [0.1, 0.15) is 36.0 Å². The van der Waals surface area contributed by atoms with E-state index in [1.165, 1.54) is 4.90 Å². The molecule has 0 aromatic heterocycles. The Morgan fingerprint density at radius 3 is 2.46 bits per heavy atom. The maximum atomic E-state index is 13.0. The van der Waals surface area contributed by atoms with Crippen molar-refractivity contribution in [3.8, 4) is 0 Å². The maximum Gasteiger partial charge on any atom is 0.256 e. The highest BCUT2D eigenvalue weighted by Crippen LogP contribution is 2.32. The molecule has 3 heterocycles. The largest absolute Gasteiger partial charge is 0.327 e. The van der Waals surface area contributed by atoms with Gasteiger partial charge in [-0.15, -0.1) is 0 Å². The number of para-hydroxylation sites is 1. The Morgan fingerprint density at radius 1 is 1.04 bits per heavy atom. The van der Waals surface area contributed by atoms with Gasteiger partial charge in [-0.1, -0.05) is 12.1 Å². The highest BCUT2D eigenvalue weighted by molar-refractivity contribution is 6.23. The number of amides is 5. The molecule has 8 heteroatoms. The number of benzene rings is 1. The molecule has 8 nitrogen and oxygen atoms in total. The van der Waals surface area contributed by atoms with Crippen molar-refractivity contribution < 1.29 is 24.0 Å². The predicted octanol–water partition coefficient (Wildman–Crippen LogP) is 0.313. The van der Waals surface area contributed by atoms with Crippen molar-refractivity contribution in [2.75, 3.05) is 18.0 Å². The molecule has 5 amide bonds. The summed E-state index contributed by atoms with van der Waals surface area (Å²) in [6.45, 7) is -0.0205. The van der Waals surface area contributed by atoms with Crippen LogP contribution in [0.25, 0.3) is 0 Å². The molecule has 0 spiro atoms. The van der Waals surface area contributed by atoms with E-state index in [0.29, 0.717) is 19.4 Å². The number of nitrogens with zero attached hydrogens (tertiary/aromatic N) is 3. The van der Waals surface area contributed by atoms with Crippen LogP contribution in [0.4, 0.5) is 5.69 Å². The molecule has 0 N–H and O–H groups in total.